The standard InChI is InChI=1S/C21H34O2Si/c1-9-10-14(2)19(22)18-17-16(20(17,4)5)13-15(3)21(18,23)11-12-24(6,7)8/h10,14-19,22-23H,1,13H2,2-8H3/t14-,15-,16-,17-,18-,19-,21-/m1/s1. The fourth-order valence-electron chi connectivity index (χ4n) is 4.69. The van der Waals surface area contributed by atoms with E-state index in [-0.39, 0.29) is 23.2 Å². The van der Waals surface area contributed by atoms with Gasteiger partial charge in [-0.05, 0) is 35.7 Å². The number of aliphatic hydroxyl groups is 2. The van der Waals surface area contributed by atoms with Crippen molar-refractivity contribution in [2.75, 3.05) is 0 Å². The van der Waals surface area contributed by atoms with Crippen LogP contribution in [0.2, 0.25) is 19.6 Å². The molecule has 0 bridgehead atoms. The number of hydrogen-bond acceptors (Lipinski definition) is 2. The van der Waals surface area contributed by atoms with E-state index in [2.05, 4.69) is 64.2 Å². The predicted molar refractivity (Wildman–Crippen MR) is 103 cm³/mol. The second-order valence-electron chi connectivity index (χ2n) is 9.66. The number of aliphatic hydroxyl groups excluding tert-OH is 1. The van der Waals surface area contributed by atoms with Crippen LogP contribution >= 0.6 is 0 Å². The minimum absolute atomic E-state index is 0.0731. The van der Waals surface area contributed by atoms with Gasteiger partial charge in [-0.1, -0.05) is 59.8 Å². The van der Waals surface area contributed by atoms with E-state index in [1.807, 2.05) is 6.92 Å². The zero-order valence-corrected chi connectivity index (χ0v) is 17.4. The summed E-state index contributed by atoms with van der Waals surface area (Å²) in [5.41, 5.74) is 5.22. The molecule has 7 atom stereocenters. The van der Waals surface area contributed by atoms with Gasteiger partial charge in [0.15, 0.2) is 0 Å². The lowest BCUT2D eigenvalue weighted by Gasteiger charge is -2.44. The Morgan fingerprint density at radius 3 is 2.38 bits per heavy atom. The molecule has 3 heteroatoms. The molecule has 0 aromatic heterocycles. The highest BCUT2D eigenvalue weighted by Gasteiger charge is 2.70. The van der Waals surface area contributed by atoms with Crippen LogP contribution in [0.4, 0.5) is 0 Å². The zero-order chi connectivity index (χ0) is 18.5. The van der Waals surface area contributed by atoms with Crippen molar-refractivity contribution in [2.45, 2.75) is 65.5 Å². The first-order chi connectivity index (χ1) is 10.9. The molecule has 0 radical (unpaired) electrons. The molecule has 0 amide bonds. The summed E-state index contributed by atoms with van der Waals surface area (Å²) in [6.07, 6.45) is 2.17. The van der Waals surface area contributed by atoms with Crippen LogP contribution in [0.15, 0.2) is 18.4 Å². The minimum Gasteiger partial charge on any atom is -0.392 e. The quantitative estimate of drug-likeness (QED) is 0.463. The van der Waals surface area contributed by atoms with Gasteiger partial charge in [0.05, 0.1) is 6.10 Å². The third-order valence-electron chi connectivity index (χ3n) is 6.32. The van der Waals surface area contributed by atoms with Crippen LogP contribution in [0, 0.1) is 46.5 Å². The monoisotopic (exact) mass is 346 g/mol. The third-order valence-corrected chi connectivity index (χ3v) is 7.19. The van der Waals surface area contributed by atoms with E-state index in [1.165, 1.54) is 0 Å². The van der Waals surface area contributed by atoms with Crippen LogP contribution in [0.5, 0.6) is 0 Å². The summed E-state index contributed by atoms with van der Waals surface area (Å²) >= 11 is 0. The lowest BCUT2D eigenvalue weighted by molar-refractivity contribution is -0.104. The van der Waals surface area contributed by atoms with E-state index >= 15 is 0 Å². The van der Waals surface area contributed by atoms with Gasteiger partial charge in [-0.3, -0.25) is 0 Å². The first-order valence-electron chi connectivity index (χ1n) is 9.17. The van der Waals surface area contributed by atoms with E-state index < -0.39 is 19.8 Å². The van der Waals surface area contributed by atoms with Gasteiger partial charge >= 0.3 is 0 Å². The molecule has 0 aromatic rings. The molecule has 0 spiro atoms. The topological polar surface area (TPSA) is 40.5 Å². The molecule has 2 nitrogen and oxygen atoms in total. The largest absolute Gasteiger partial charge is 0.392 e. The van der Waals surface area contributed by atoms with Crippen LogP contribution < -0.4 is 0 Å². The molecule has 2 fully saturated rings. The maximum Gasteiger partial charge on any atom is 0.133 e. The molecule has 0 aromatic carbocycles. The fraction of sp³-hybridized carbons (Fsp3) is 0.762. The van der Waals surface area contributed by atoms with E-state index in [9.17, 15) is 10.2 Å². The van der Waals surface area contributed by atoms with E-state index in [4.69, 9.17) is 0 Å². The van der Waals surface area contributed by atoms with Crippen LogP contribution in [0.3, 0.4) is 0 Å². The summed E-state index contributed by atoms with van der Waals surface area (Å²) in [4.78, 5) is 0. The van der Waals surface area contributed by atoms with Crippen LogP contribution in [0.1, 0.15) is 34.1 Å². The van der Waals surface area contributed by atoms with Crippen LogP contribution in [0.25, 0.3) is 0 Å². The maximum atomic E-state index is 11.6. The smallest absolute Gasteiger partial charge is 0.133 e. The Labute approximate surface area is 149 Å². The predicted octanol–water partition coefficient (Wildman–Crippen LogP) is 3.86. The Kier molecular flexibility index (Phi) is 5.03. The molecule has 2 aliphatic rings. The van der Waals surface area contributed by atoms with Crippen molar-refractivity contribution >= 4 is 8.07 Å². The highest BCUT2D eigenvalue weighted by molar-refractivity contribution is 6.83. The Morgan fingerprint density at radius 2 is 1.88 bits per heavy atom. The summed E-state index contributed by atoms with van der Waals surface area (Å²) in [5.74, 6) is 3.93. The molecule has 134 valence electrons. The molecular formula is C21H34O2Si. The maximum absolute atomic E-state index is 11.6. The SMILES string of the molecule is C=C=C[C@@H](C)[C@@H](O)[C@H]1[C@H]2[C@@H](C[C@@H](C)[C@]1(O)C#C[Si](C)(C)C)C2(C)C. The van der Waals surface area contributed by atoms with Gasteiger partial charge in [0.2, 0.25) is 0 Å². The van der Waals surface area contributed by atoms with Crippen molar-refractivity contribution in [3.05, 3.63) is 18.4 Å². The molecule has 24 heavy (non-hydrogen) atoms. The van der Waals surface area contributed by atoms with Crippen molar-refractivity contribution in [3.8, 4) is 11.5 Å². The van der Waals surface area contributed by atoms with Crippen molar-refractivity contribution in [1.82, 2.24) is 0 Å². The van der Waals surface area contributed by atoms with Gasteiger partial charge in [0.25, 0.3) is 0 Å². The Bertz CT molecular complexity index is 600. The van der Waals surface area contributed by atoms with Crippen molar-refractivity contribution < 1.29 is 10.2 Å². The second kappa shape index (κ2) is 6.18. The van der Waals surface area contributed by atoms with E-state index in [0.717, 1.165) is 6.42 Å². The van der Waals surface area contributed by atoms with Gasteiger partial charge < -0.3 is 10.2 Å². The van der Waals surface area contributed by atoms with Gasteiger partial charge in [-0.15, -0.1) is 11.3 Å². The zero-order valence-electron chi connectivity index (χ0n) is 16.4. The normalized spacial score (nSPS) is 39.5. The van der Waals surface area contributed by atoms with Gasteiger partial charge in [0, 0.05) is 11.8 Å². The summed E-state index contributed by atoms with van der Waals surface area (Å²) < 4.78 is 0. The van der Waals surface area contributed by atoms with Gasteiger partial charge in [0.1, 0.15) is 13.7 Å². The molecule has 0 unspecified atom stereocenters. The average molecular weight is 347 g/mol. The summed E-state index contributed by atoms with van der Waals surface area (Å²) in [6.45, 7) is 18.8. The number of fused-ring (bicyclic) bond motifs is 1. The molecular weight excluding hydrogens is 312 g/mol. The average Bonchev–Trinajstić information content (AvgIpc) is 2.97. The second-order valence-corrected chi connectivity index (χ2v) is 14.4. The molecule has 0 heterocycles. The first-order valence-corrected chi connectivity index (χ1v) is 12.7. The summed E-state index contributed by atoms with van der Waals surface area (Å²) in [5, 5.41) is 22.7. The number of rotatable bonds is 3. The Balaban J connectivity index is 2.48. The van der Waals surface area contributed by atoms with Gasteiger partial charge in [-0.2, -0.15) is 0 Å². The van der Waals surface area contributed by atoms with Crippen molar-refractivity contribution in [1.29, 1.82) is 0 Å². The van der Waals surface area contributed by atoms with Crippen LogP contribution in [-0.4, -0.2) is 30.0 Å². The Morgan fingerprint density at radius 1 is 1.29 bits per heavy atom. The Hall–Kier alpha value is -0.783. The highest BCUT2D eigenvalue weighted by atomic mass is 28.3. The van der Waals surface area contributed by atoms with Crippen molar-refractivity contribution in [2.24, 2.45) is 35.0 Å². The highest BCUT2D eigenvalue weighted by Crippen LogP contribution is 2.70. The molecule has 0 aliphatic heterocycles. The fourth-order valence-corrected chi connectivity index (χ4v) is 5.27. The van der Waals surface area contributed by atoms with Crippen LogP contribution in [-0.2, 0) is 0 Å². The molecule has 2 saturated carbocycles. The van der Waals surface area contributed by atoms with E-state index in [1.54, 1.807) is 6.08 Å². The van der Waals surface area contributed by atoms with E-state index in [0.29, 0.717) is 11.8 Å². The molecule has 2 rings (SSSR count). The lowest BCUT2D eigenvalue weighted by atomic mass is 9.65. The summed E-state index contributed by atoms with van der Waals surface area (Å²) in [6, 6.07) is 0. The molecule has 0 saturated heterocycles. The van der Waals surface area contributed by atoms with Gasteiger partial charge in [-0.25, -0.2) is 0 Å². The third kappa shape index (κ3) is 3.31. The number of hydrogen-bond donors (Lipinski definition) is 2. The van der Waals surface area contributed by atoms with Crippen molar-refractivity contribution in [3.63, 3.8) is 0 Å². The minimum atomic E-state index is -1.60. The molecule has 2 N–H and O–H groups in total. The summed E-state index contributed by atoms with van der Waals surface area (Å²) in [7, 11) is -1.60. The molecule has 2 aliphatic carbocycles. The first kappa shape index (κ1) is 19.5. The lowest BCUT2D eigenvalue weighted by Crippen LogP contribution is -2.53.